The summed E-state index contributed by atoms with van der Waals surface area (Å²) in [6.45, 7) is 1.94. The van der Waals surface area contributed by atoms with Gasteiger partial charge in [-0.1, -0.05) is 30.3 Å². The molecule has 2 aliphatic heterocycles. The fraction of sp³-hybridized carbons (Fsp3) is 0.500. The number of amides is 1. The van der Waals surface area contributed by atoms with Crippen molar-refractivity contribution in [3.05, 3.63) is 35.9 Å². The normalized spacial score (nSPS) is 27.7. The van der Waals surface area contributed by atoms with Gasteiger partial charge in [-0.05, 0) is 12.8 Å². The van der Waals surface area contributed by atoms with Gasteiger partial charge in [0.25, 0.3) is 5.91 Å². The Hall–Kier alpha value is -1.39. The van der Waals surface area contributed by atoms with Crippen molar-refractivity contribution in [1.29, 1.82) is 0 Å². The molecular weight excluding hydrogens is 230 g/mol. The molecule has 1 aromatic rings. The third kappa shape index (κ3) is 2.13. The van der Waals surface area contributed by atoms with Crippen LogP contribution in [-0.4, -0.2) is 36.7 Å². The highest BCUT2D eigenvalue weighted by Crippen LogP contribution is 2.29. The Bertz CT molecular complexity index is 414. The van der Waals surface area contributed by atoms with Crippen LogP contribution in [0.4, 0.5) is 0 Å². The molecular formula is C14H17NO3. The van der Waals surface area contributed by atoms with Crippen molar-refractivity contribution in [2.45, 2.75) is 25.2 Å². The molecule has 3 rings (SSSR count). The van der Waals surface area contributed by atoms with Gasteiger partial charge in [-0.25, -0.2) is 0 Å². The summed E-state index contributed by atoms with van der Waals surface area (Å²) in [7, 11) is 0. The first kappa shape index (κ1) is 11.7. The average Bonchev–Trinajstić information content (AvgIpc) is 3.10. The molecule has 2 atom stereocenters. The molecule has 2 unspecified atom stereocenters. The van der Waals surface area contributed by atoms with E-state index in [-0.39, 0.29) is 18.2 Å². The average molecular weight is 247 g/mol. The first-order valence-electron chi connectivity index (χ1n) is 6.45. The van der Waals surface area contributed by atoms with Crippen LogP contribution in [0.1, 0.15) is 24.6 Å². The molecule has 1 amide bonds. The molecule has 2 heterocycles. The van der Waals surface area contributed by atoms with Crippen molar-refractivity contribution in [3.63, 3.8) is 0 Å². The van der Waals surface area contributed by atoms with Gasteiger partial charge in [-0.2, -0.15) is 0 Å². The lowest BCUT2D eigenvalue weighted by atomic mass is 10.1. The fourth-order valence-electron chi connectivity index (χ4n) is 2.55. The van der Waals surface area contributed by atoms with Crippen LogP contribution in [0.5, 0.6) is 0 Å². The summed E-state index contributed by atoms with van der Waals surface area (Å²) in [6, 6.07) is 9.87. The van der Waals surface area contributed by atoms with Crippen molar-refractivity contribution >= 4 is 5.91 Å². The van der Waals surface area contributed by atoms with Crippen molar-refractivity contribution in [3.8, 4) is 0 Å². The standard InChI is InChI=1S/C14H17NO3/c16-13(12-7-4-9-17-12)15-8-10-18-14(15)11-5-2-1-3-6-11/h1-3,5-6,12,14H,4,7-10H2. The van der Waals surface area contributed by atoms with E-state index in [0.717, 1.165) is 18.4 Å². The van der Waals surface area contributed by atoms with Crippen LogP contribution in [0.15, 0.2) is 30.3 Å². The van der Waals surface area contributed by atoms with E-state index in [1.54, 1.807) is 4.90 Å². The number of rotatable bonds is 2. The SMILES string of the molecule is O=C(C1CCCO1)N1CCOC1c1ccccc1. The zero-order valence-electron chi connectivity index (χ0n) is 10.2. The maximum absolute atomic E-state index is 12.4. The minimum Gasteiger partial charge on any atom is -0.368 e. The predicted octanol–water partition coefficient (Wildman–Crippen LogP) is 1.72. The van der Waals surface area contributed by atoms with Gasteiger partial charge in [0, 0.05) is 18.7 Å². The molecule has 1 aromatic carbocycles. The maximum atomic E-state index is 12.4. The van der Waals surface area contributed by atoms with Crippen molar-refractivity contribution in [2.75, 3.05) is 19.8 Å². The van der Waals surface area contributed by atoms with Gasteiger partial charge in [0.15, 0.2) is 6.23 Å². The summed E-state index contributed by atoms with van der Waals surface area (Å²) >= 11 is 0. The van der Waals surface area contributed by atoms with Gasteiger partial charge in [-0.15, -0.1) is 0 Å². The van der Waals surface area contributed by atoms with E-state index in [0.29, 0.717) is 19.8 Å². The lowest BCUT2D eigenvalue weighted by molar-refractivity contribution is -0.146. The van der Waals surface area contributed by atoms with Crippen LogP contribution < -0.4 is 0 Å². The van der Waals surface area contributed by atoms with Crippen LogP contribution in [0, 0.1) is 0 Å². The molecule has 0 bridgehead atoms. The molecule has 4 nitrogen and oxygen atoms in total. The quantitative estimate of drug-likeness (QED) is 0.798. The number of nitrogens with zero attached hydrogens (tertiary/aromatic N) is 1. The summed E-state index contributed by atoms with van der Waals surface area (Å²) in [5.41, 5.74) is 1.03. The molecule has 96 valence electrons. The van der Waals surface area contributed by atoms with E-state index in [9.17, 15) is 4.79 Å². The maximum Gasteiger partial charge on any atom is 0.254 e. The predicted molar refractivity (Wildman–Crippen MR) is 65.8 cm³/mol. The molecule has 0 spiro atoms. The second kappa shape index (κ2) is 5.08. The van der Waals surface area contributed by atoms with E-state index in [4.69, 9.17) is 9.47 Å². The lowest BCUT2D eigenvalue weighted by Crippen LogP contribution is -2.38. The second-order valence-corrected chi connectivity index (χ2v) is 4.67. The number of hydrogen-bond donors (Lipinski definition) is 0. The molecule has 4 heteroatoms. The van der Waals surface area contributed by atoms with Crippen molar-refractivity contribution < 1.29 is 14.3 Å². The monoisotopic (exact) mass is 247 g/mol. The molecule has 0 aliphatic carbocycles. The highest BCUT2D eigenvalue weighted by Gasteiger charge is 2.36. The number of ether oxygens (including phenoxy) is 2. The van der Waals surface area contributed by atoms with Gasteiger partial charge >= 0.3 is 0 Å². The van der Waals surface area contributed by atoms with Gasteiger partial charge in [0.2, 0.25) is 0 Å². The van der Waals surface area contributed by atoms with Crippen LogP contribution in [0.3, 0.4) is 0 Å². The molecule has 2 saturated heterocycles. The first-order chi connectivity index (χ1) is 8.86. The van der Waals surface area contributed by atoms with Crippen LogP contribution in [0.2, 0.25) is 0 Å². The largest absolute Gasteiger partial charge is 0.368 e. The number of carbonyl (C=O) groups excluding carboxylic acids is 1. The number of carbonyl (C=O) groups is 1. The summed E-state index contributed by atoms with van der Waals surface area (Å²) in [6.07, 6.45) is 1.29. The summed E-state index contributed by atoms with van der Waals surface area (Å²) < 4.78 is 11.1. The Morgan fingerprint density at radius 2 is 2.00 bits per heavy atom. The molecule has 0 saturated carbocycles. The van der Waals surface area contributed by atoms with Gasteiger partial charge in [0.1, 0.15) is 6.10 Å². The summed E-state index contributed by atoms with van der Waals surface area (Å²) in [4.78, 5) is 14.1. The first-order valence-corrected chi connectivity index (χ1v) is 6.45. The second-order valence-electron chi connectivity index (χ2n) is 4.67. The van der Waals surface area contributed by atoms with Gasteiger partial charge in [-0.3, -0.25) is 4.79 Å². The zero-order valence-corrected chi connectivity index (χ0v) is 10.2. The van der Waals surface area contributed by atoms with Crippen molar-refractivity contribution in [1.82, 2.24) is 4.90 Å². The van der Waals surface area contributed by atoms with E-state index in [1.165, 1.54) is 0 Å². The van der Waals surface area contributed by atoms with Crippen LogP contribution in [0.25, 0.3) is 0 Å². The smallest absolute Gasteiger partial charge is 0.254 e. The lowest BCUT2D eigenvalue weighted by Gasteiger charge is -2.25. The Balaban J connectivity index is 1.77. The molecule has 18 heavy (non-hydrogen) atoms. The fourth-order valence-corrected chi connectivity index (χ4v) is 2.55. The zero-order chi connectivity index (χ0) is 12.4. The molecule has 0 N–H and O–H groups in total. The van der Waals surface area contributed by atoms with E-state index < -0.39 is 0 Å². The number of benzene rings is 1. The minimum atomic E-state index is -0.266. The van der Waals surface area contributed by atoms with E-state index >= 15 is 0 Å². The molecule has 2 aliphatic rings. The third-order valence-electron chi connectivity index (χ3n) is 3.46. The molecule has 0 aromatic heterocycles. The van der Waals surface area contributed by atoms with Gasteiger partial charge in [0.05, 0.1) is 6.61 Å². The molecule has 2 fully saturated rings. The van der Waals surface area contributed by atoms with Crippen molar-refractivity contribution in [2.24, 2.45) is 0 Å². The topological polar surface area (TPSA) is 38.8 Å². The van der Waals surface area contributed by atoms with Gasteiger partial charge < -0.3 is 14.4 Å². The minimum absolute atomic E-state index is 0.0684. The van der Waals surface area contributed by atoms with E-state index in [1.807, 2.05) is 30.3 Å². The Morgan fingerprint density at radius 1 is 1.17 bits per heavy atom. The highest BCUT2D eigenvalue weighted by atomic mass is 16.5. The number of hydrogen-bond acceptors (Lipinski definition) is 3. The van der Waals surface area contributed by atoms with Crippen LogP contribution >= 0.6 is 0 Å². The molecule has 0 radical (unpaired) electrons. The Labute approximate surface area is 106 Å². The summed E-state index contributed by atoms with van der Waals surface area (Å²) in [5, 5.41) is 0. The Morgan fingerprint density at radius 3 is 2.72 bits per heavy atom. The summed E-state index contributed by atoms with van der Waals surface area (Å²) in [5.74, 6) is 0.0684. The Kier molecular flexibility index (Phi) is 3.30. The van der Waals surface area contributed by atoms with E-state index in [2.05, 4.69) is 0 Å². The third-order valence-corrected chi connectivity index (χ3v) is 3.46. The highest BCUT2D eigenvalue weighted by molar-refractivity contribution is 5.81. The van der Waals surface area contributed by atoms with Crippen LogP contribution in [-0.2, 0) is 14.3 Å².